The van der Waals surface area contributed by atoms with Crippen LogP contribution in [0.4, 0.5) is 0 Å². The number of carbonyl (C=O) groups excluding carboxylic acids is 1. The number of rotatable bonds is 7. The second-order valence-electron chi connectivity index (χ2n) is 6.28. The fraction of sp³-hybridized carbons (Fsp3) is 0.333. The summed E-state index contributed by atoms with van der Waals surface area (Å²) < 4.78 is 5.51. The van der Waals surface area contributed by atoms with Gasteiger partial charge in [0.1, 0.15) is 11.8 Å². The SMILES string of the molecule is CCc1ccc([C@H](NC(=O)COc2ccccc2C#N)C(C)C)cc1. The van der Waals surface area contributed by atoms with Crippen LogP contribution < -0.4 is 10.1 Å². The molecule has 130 valence electrons. The molecular weight excluding hydrogens is 312 g/mol. The maximum atomic E-state index is 12.3. The number of ether oxygens (including phenoxy) is 1. The largest absolute Gasteiger partial charge is 0.482 e. The van der Waals surface area contributed by atoms with E-state index in [9.17, 15) is 4.79 Å². The molecular formula is C21H24N2O2. The highest BCUT2D eigenvalue weighted by Gasteiger charge is 2.18. The number of hydrogen-bond donors (Lipinski definition) is 1. The molecule has 0 aliphatic rings. The lowest BCUT2D eigenvalue weighted by molar-refractivity contribution is -0.124. The fourth-order valence-electron chi connectivity index (χ4n) is 2.64. The molecule has 0 aliphatic carbocycles. The molecule has 0 unspecified atom stereocenters. The molecule has 1 N–H and O–H groups in total. The van der Waals surface area contributed by atoms with E-state index in [1.165, 1.54) is 5.56 Å². The molecule has 4 nitrogen and oxygen atoms in total. The van der Waals surface area contributed by atoms with Gasteiger partial charge >= 0.3 is 0 Å². The molecule has 0 heterocycles. The van der Waals surface area contributed by atoms with Crippen molar-refractivity contribution in [2.24, 2.45) is 5.92 Å². The standard InChI is InChI=1S/C21H24N2O2/c1-4-16-9-11-17(12-10-16)21(15(2)3)23-20(24)14-25-19-8-6-5-7-18(19)13-22/h5-12,15,21H,4,14H2,1-3H3,(H,23,24)/t21-/m1/s1. The summed E-state index contributed by atoms with van der Waals surface area (Å²) in [6, 6.07) is 17.2. The van der Waals surface area contributed by atoms with Crippen LogP contribution in [0.5, 0.6) is 5.75 Å². The fourth-order valence-corrected chi connectivity index (χ4v) is 2.64. The Balaban J connectivity index is 2.01. The van der Waals surface area contributed by atoms with Gasteiger partial charge in [-0.25, -0.2) is 0 Å². The third-order valence-corrected chi connectivity index (χ3v) is 4.10. The van der Waals surface area contributed by atoms with Crippen LogP contribution in [-0.2, 0) is 11.2 Å². The van der Waals surface area contributed by atoms with Crippen LogP contribution in [-0.4, -0.2) is 12.5 Å². The Morgan fingerprint density at radius 2 is 1.84 bits per heavy atom. The van der Waals surface area contributed by atoms with Crippen molar-refractivity contribution in [1.82, 2.24) is 5.32 Å². The summed E-state index contributed by atoms with van der Waals surface area (Å²) >= 11 is 0. The molecule has 0 aromatic heterocycles. The number of aryl methyl sites for hydroxylation is 1. The Morgan fingerprint density at radius 1 is 1.16 bits per heavy atom. The maximum absolute atomic E-state index is 12.3. The minimum absolute atomic E-state index is 0.0757. The summed E-state index contributed by atoms with van der Waals surface area (Å²) in [5, 5.41) is 12.1. The van der Waals surface area contributed by atoms with Crippen molar-refractivity contribution >= 4 is 5.91 Å². The van der Waals surface area contributed by atoms with E-state index in [1.807, 2.05) is 0 Å². The summed E-state index contributed by atoms with van der Waals surface area (Å²) in [5.74, 6) is 0.474. The number of nitrogens with one attached hydrogen (secondary N) is 1. The van der Waals surface area contributed by atoms with Gasteiger partial charge in [0, 0.05) is 0 Å². The molecule has 25 heavy (non-hydrogen) atoms. The maximum Gasteiger partial charge on any atom is 0.258 e. The Hall–Kier alpha value is -2.80. The third-order valence-electron chi connectivity index (χ3n) is 4.10. The first-order valence-electron chi connectivity index (χ1n) is 8.55. The van der Waals surface area contributed by atoms with Gasteiger partial charge in [0.05, 0.1) is 11.6 Å². The molecule has 0 saturated heterocycles. The number of carbonyl (C=O) groups is 1. The predicted octanol–water partition coefficient (Wildman–Crippen LogP) is 4.01. The lowest BCUT2D eigenvalue weighted by Crippen LogP contribution is -2.35. The number of nitriles is 1. The zero-order chi connectivity index (χ0) is 18.2. The molecule has 2 aromatic carbocycles. The normalized spacial score (nSPS) is 11.6. The lowest BCUT2D eigenvalue weighted by atomic mass is 9.95. The van der Waals surface area contributed by atoms with Gasteiger partial charge in [-0.1, -0.05) is 57.2 Å². The second-order valence-corrected chi connectivity index (χ2v) is 6.28. The van der Waals surface area contributed by atoms with E-state index in [0.717, 1.165) is 12.0 Å². The first kappa shape index (κ1) is 18.5. The van der Waals surface area contributed by atoms with Crippen LogP contribution >= 0.6 is 0 Å². The molecule has 2 rings (SSSR count). The average molecular weight is 336 g/mol. The Morgan fingerprint density at radius 3 is 2.44 bits per heavy atom. The van der Waals surface area contributed by atoms with E-state index < -0.39 is 0 Å². The van der Waals surface area contributed by atoms with Crippen molar-refractivity contribution < 1.29 is 9.53 Å². The van der Waals surface area contributed by atoms with E-state index in [2.05, 4.69) is 56.4 Å². The van der Waals surface area contributed by atoms with Crippen molar-refractivity contribution in [2.45, 2.75) is 33.2 Å². The molecule has 0 aliphatic heterocycles. The van der Waals surface area contributed by atoms with Crippen molar-refractivity contribution in [3.8, 4) is 11.8 Å². The Kier molecular flexibility index (Phi) is 6.59. The number of amides is 1. The van der Waals surface area contributed by atoms with Gasteiger partial charge in [-0.15, -0.1) is 0 Å². The summed E-state index contributed by atoms with van der Waals surface area (Å²) in [4.78, 5) is 12.3. The number of nitrogens with zero attached hydrogens (tertiary/aromatic N) is 1. The monoisotopic (exact) mass is 336 g/mol. The highest BCUT2D eigenvalue weighted by Crippen LogP contribution is 2.22. The molecule has 0 radical (unpaired) electrons. The summed E-state index contributed by atoms with van der Waals surface area (Å²) in [5.41, 5.74) is 2.78. The first-order valence-corrected chi connectivity index (χ1v) is 8.55. The summed E-state index contributed by atoms with van der Waals surface area (Å²) in [6.07, 6.45) is 0.991. The van der Waals surface area contributed by atoms with E-state index in [1.54, 1.807) is 24.3 Å². The predicted molar refractivity (Wildman–Crippen MR) is 98.2 cm³/mol. The third kappa shape index (κ3) is 5.09. The van der Waals surface area contributed by atoms with Crippen LogP contribution in [0.3, 0.4) is 0 Å². The molecule has 1 amide bonds. The van der Waals surface area contributed by atoms with Gasteiger partial charge in [-0.3, -0.25) is 4.79 Å². The van der Waals surface area contributed by atoms with Crippen molar-refractivity contribution in [2.75, 3.05) is 6.61 Å². The molecule has 4 heteroatoms. The zero-order valence-electron chi connectivity index (χ0n) is 15.0. The van der Waals surface area contributed by atoms with Gasteiger partial charge < -0.3 is 10.1 Å². The molecule has 2 aromatic rings. The van der Waals surface area contributed by atoms with E-state index >= 15 is 0 Å². The van der Waals surface area contributed by atoms with Gasteiger partial charge in [0.15, 0.2) is 6.61 Å². The summed E-state index contributed by atoms with van der Waals surface area (Å²) in [6.45, 7) is 6.15. The van der Waals surface area contributed by atoms with Crippen LogP contribution in [0, 0.1) is 17.2 Å². The molecule has 0 fully saturated rings. The van der Waals surface area contributed by atoms with Gasteiger partial charge in [0.2, 0.25) is 0 Å². The van der Waals surface area contributed by atoms with Crippen molar-refractivity contribution in [3.05, 3.63) is 65.2 Å². The topological polar surface area (TPSA) is 62.1 Å². The van der Waals surface area contributed by atoms with Crippen LogP contribution in [0.1, 0.15) is 43.5 Å². The molecule has 0 spiro atoms. The zero-order valence-corrected chi connectivity index (χ0v) is 15.0. The molecule has 1 atom stereocenters. The highest BCUT2D eigenvalue weighted by atomic mass is 16.5. The number of benzene rings is 2. The van der Waals surface area contributed by atoms with Crippen molar-refractivity contribution in [1.29, 1.82) is 5.26 Å². The minimum atomic E-state index is -0.203. The smallest absolute Gasteiger partial charge is 0.258 e. The van der Waals surface area contributed by atoms with Crippen LogP contribution in [0.15, 0.2) is 48.5 Å². The van der Waals surface area contributed by atoms with Crippen LogP contribution in [0.25, 0.3) is 0 Å². The van der Waals surface area contributed by atoms with Gasteiger partial charge in [0.25, 0.3) is 5.91 Å². The average Bonchev–Trinajstić information content (AvgIpc) is 2.64. The lowest BCUT2D eigenvalue weighted by Gasteiger charge is -2.23. The molecule has 0 saturated carbocycles. The minimum Gasteiger partial charge on any atom is -0.482 e. The Labute approximate surface area is 149 Å². The first-order chi connectivity index (χ1) is 12.0. The second kappa shape index (κ2) is 8.89. The number of para-hydroxylation sites is 1. The van der Waals surface area contributed by atoms with E-state index in [-0.39, 0.29) is 24.5 Å². The number of hydrogen-bond acceptors (Lipinski definition) is 3. The molecule has 0 bridgehead atoms. The Bertz CT molecular complexity index is 745. The van der Waals surface area contributed by atoms with Crippen molar-refractivity contribution in [3.63, 3.8) is 0 Å². The highest BCUT2D eigenvalue weighted by molar-refractivity contribution is 5.78. The summed E-state index contributed by atoms with van der Waals surface area (Å²) in [7, 11) is 0. The van der Waals surface area contributed by atoms with E-state index in [4.69, 9.17) is 10.00 Å². The van der Waals surface area contributed by atoms with Gasteiger partial charge in [-0.05, 0) is 35.6 Å². The van der Waals surface area contributed by atoms with Gasteiger partial charge in [-0.2, -0.15) is 5.26 Å². The van der Waals surface area contributed by atoms with Crippen LogP contribution in [0.2, 0.25) is 0 Å². The quantitative estimate of drug-likeness (QED) is 0.831. The van der Waals surface area contributed by atoms with E-state index in [0.29, 0.717) is 11.3 Å².